The minimum atomic E-state index is -0.226. The zero-order chi connectivity index (χ0) is 22.2. The topological polar surface area (TPSA) is 92.2 Å². The van der Waals surface area contributed by atoms with Gasteiger partial charge in [-0.05, 0) is 50.2 Å². The van der Waals surface area contributed by atoms with Crippen molar-refractivity contribution in [3.63, 3.8) is 0 Å². The second-order valence-electron chi connectivity index (χ2n) is 8.31. The maximum atomic E-state index is 13.3. The summed E-state index contributed by atoms with van der Waals surface area (Å²) in [4.78, 5) is 39.9. The summed E-state index contributed by atoms with van der Waals surface area (Å²) in [6.45, 7) is 4.85. The van der Waals surface area contributed by atoms with Crippen LogP contribution in [0.25, 0.3) is 0 Å². The molecule has 1 fully saturated rings. The molecule has 2 aromatic heterocycles. The normalized spacial score (nSPS) is 18.2. The van der Waals surface area contributed by atoms with Crippen molar-refractivity contribution in [2.45, 2.75) is 52.1 Å². The summed E-state index contributed by atoms with van der Waals surface area (Å²) in [5.41, 5.74) is 3.39. The molecule has 8 nitrogen and oxygen atoms in total. The molecule has 1 atom stereocenters. The third kappa shape index (κ3) is 3.66. The summed E-state index contributed by atoms with van der Waals surface area (Å²) in [5.74, 6) is 1.25. The summed E-state index contributed by atoms with van der Waals surface area (Å²) < 4.78 is 3.92. The van der Waals surface area contributed by atoms with Crippen LogP contribution in [0.2, 0.25) is 0 Å². The van der Waals surface area contributed by atoms with Crippen molar-refractivity contribution in [3.05, 3.63) is 63.5 Å². The monoisotopic (exact) mass is 448 g/mol. The van der Waals surface area contributed by atoms with Gasteiger partial charge in [0.15, 0.2) is 5.82 Å². The molecule has 164 valence electrons. The van der Waals surface area contributed by atoms with Crippen LogP contribution in [0.5, 0.6) is 0 Å². The zero-order valence-corrected chi connectivity index (χ0v) is 18.9. The molecule has 1 saturated heterocycles. The number of amides is 2. The largest absolute Gasteiger partial charge is 0.328 e. The first-order valence-corrected chi connectivity index (χ1v) is 11.6. The Labute approximate surface area is 190 Å². The number of anilines is 1. The molecule has 2 aliphatic rings. The lowest BCUT2D eigenvalue weighted by Gasteiger charge is -2.35. The van der Waals surface area contributed by atoms with Gasteiger partial charge in [0.25, 0.3) is 5.91 Å². The van der Waals surface area contributed by atoms with Crippen LogP contribution >= 0.6 is 11.5 Å². The summed E-state index contributed by atoms with van der Waals surface area (Å²) in [5, 5.41) is 4.00. The number of benzene rings is 1. The third-order valence-corrected chi connectivity index (χ3v) is 7.00. The molecular formula is C23H24N6O2S. The Bertz CT molecular complexity index is 1180. The number of likely N-dealkylation sites (tertiary alicyclic amines) is 1. The van der Waals surface area contributed by atoms with E-state index in [1.54, 1.807) is 11.8 Å². The number of carbonyl (C=O) groups is 2. The molecular weight excluding hydrogens is 424 g/mol. The maximum Gasteiger partial charge on any atom is 0.268 e. The smallest absolute Gasteiger partial charge is 0.268 e. The number of piperidine rings is 1. The number of hydrogen-bond acceptors (Lipinski definition) is 7. The minimum absolute atomic E-state index is 0.0290. The molecule has 0 spiro atoms. The number of fused-ring (bicyclic) bond motifs is 1. The standard InChI is InChI=1S/C23H24N6O2S/c1-14-17-12-19(30)29(13-16-8-4-3-5-9-16)22(17)25-21(24-14)18-10-6-7-11-28(18)23(31)20-15(2)26-27-32-20/h3-5,8-9,18H,6-7,10-13H2,1-2H3/t18-/m0/s1. The number of nitrogens with zero attached hydrogens (tertiary/aromatic N) is 6. The van der Waals surface area contributed by atoms with Crippen molar-refractivity contribution in [2.24, 2.45) is 0 Å². The molecule has 0 N–H and O–H groups in total. The van der Waals surface area contributed by atoms with Crippen molar-refractivity contribution in [1.29, 1.82) is 0 Å². The SMILES string of the molecule is Cc1nnsc1C(=O)N1CCCC[C@H]1c1nc(C)c2c(n1)N(Cc1ccccc1)C(=O)C2. The number of aryl methyl sites for hydroxylation is 2. The average Bonchev–Trinajstić information content (AvgIpc) is 3.37. The average molecular weight is 449 g/mol. The summed E-state index contributed by atoms with van der Waals surface area (Å²) in [6.07, 6.45) is 3.05. The van der Waals surface area contributed by atoms with Gasteiger partial charge in [-0.2, -0.15) is 0 Å². The first-order chi connectivity index (χ1) is 15.5. The number of rotatable bonds is 4. The second kappa shape index (κ2) is 8.38. The van der Waals surface area contributed by atoms with E-state index in [1.807, 2.05) is 42.2 Å². The van der Waals surface area contributed by atoms with Crippen LogP contribution in [0.3, 0.4) is 0 Å². The van der Waals surface area contributed by atoms with Gasteiger partial charge in [0.05, 0.1) is 24.7 Å². The van der Waals surface area contributed by atoms with E-state index in [0.717, 1.165) is 47.6 Å². The fourth-order valence-corrected chi connectivity index (χ4v) is 5.09. The summed E-state index contributed by atoms with van der Waals surface area (Å²) in [7, 11) is 0. The lowest BCUT2D eigenvalue weighted by Crippen LogP contribution is -2.39. The Kier molecular flexibility index (Phi) is 5.42. The molecule has 0 saturated carbocycles. The van der Waals surface area contributed by atoms with Gasteiger partial charge in [-0.1, -0.05) is 34.8 Å². The van der Waals surface area contributed by atoms with E-state index in [1.165, 1.54) is 0 Å². The van der Waals surface area contributed by atoms with E-state index in [4.69, 9.17) is 9.97 Å². The molecule has 0 aliphatic carbocycles. The van der Waals surface area contributed by atoms with Gasteiger partial charge in [0.1, 0.15) is 10.7 Å². The van der Waals surface area contributed by atoms with Crippen LogP contribution in [-0.2, 0) is 17.8 Å². The molecule has 32 heavy (non-hydrogen) atoms. The molecule has 2 amide bonds. The van der Waals surface area contributed by atoms with Crippen LogP contribution in [0, 0.1) is 13.8 Å². The number of carbonyl (C=O) groups excluding carboxylic acids is 2. The first kappa shape index (κ1) is 20.7. The Hall–Kier alpha value is -3.20. The van der Waals surface area contributed by atoms with Crippen LogP contribution in [0.1, 0.15) is 63.3 Å². The zero-order valence-electron chi connectivity index (χ0n) is 18.1. The van der Waals surface area contributed by atoms with E-state index in [9.17, 15) is 9.59 Å². The fourth-order valence-electron chi connectivity index (χ4n) is 4.48. The molecule has 0 radical (unpaired) electrons. The molecule has 2 aliphatic heterocycles. The molecule has 9 heteroatoms. The molecule has 0 unspecified atom stereocenters. The predicted octanol–water partition coefficient (Wildman–Crippen LogP) is 3.40. The molecule has 4 heterocycles. The van der Waals surface area contributed by atoms with Crippen LogP contribution in [0.4, 0.5) is 5.82 Å². The van der Waals surface area contributed by atoms with Crippen LogP contribution < -0.4 is 4.90 Å². The van der Waals surface area contributed by atoms with E-state index < -0.39 is 0 Å². The van der Waals surface area contributed by atoms with E-state index >= 15 is 0 Å². The highest BCUT2D eigenvalue weighted by Gasteiger charge is 2.36. The summed E-state index contributed by atoms with van der Waals surface area (Å²) >= 11 is 1.13. The van der Waals surface area contributed by atoms with Gasteiger partial charge in [0.2, 0.25) is 5.91 Å². The lowest BCUT2D eigenvalue weighted by atomic mass is 10.0. The Morgan fingerprint density at radius 2 is 1.94 bits per heavy atom. The number of aromatic nitrogens is 4. The van der Waals surface area contributed by atoms with Crippen molar-refractivity contribution in [3.8, 4) is 0 Å². The maximum absolute atomic E-state index is 13.3. The van der Waals surface area contributed by atoms with Gasteiger partial charge >= 0.3 is 0 Å². The van der Waals surface area contributed by atoms with Gasteiger partial charge in [-0.15, -0.1) is 5.10 Å². The number of hydrogen-bond donors (Lipinski definition) is 0. The molecule has 1 aromatic carbocycles. The quantitative estimate of drug-likeness (QED) is 0.607. The van der Waals surface area contributed by atoms with E-state index in [-0.39, 0.29) is 17.9 Å². The van der Waals surface area contributed by atoms with Gasteiger partial charge in [-0.25, -0.2) is 9.97 Å². The van der Waals surface area contributed by atoms with Gasteiger partial charge in [0, 0.05) is 17.8 Å². The van der Waals surface area contributed by atoms with E-state index in [0.29, 0.717) is 41.7 Å². The highest BCUT2D eigenvalue weighted by Crippen LogP contribution is 2.36. The summed E-state index contributed by atoms with van der Waals surface area (Å²) in [6, 6.07) is 9.68. The van der Waals surface area contributed by atoms with Gasteiger partial charge in [-0.3, -0.25) is 14.5 Å². The lowest BCUT2D eigenvalue weighted by molar-refractivity contribution is -0.117. The minimum Gasteiger partial charge on any atom is -0.328 e. The van der Waals surface area contributed by atoms with Crippen molar-refractivity contribution >= 4 is 29.2 Å². The van der Waals surface area contributed by atoms with Crippen molar-refractivity contribution in [2.75, 3.05) is 11.4 Å². The predicted molar refractivity (Wildman–Crippen MR) is 120 cm³/mol. The first-order valence-electron chi connectivity index (χ1n) is 10.8. The fraction of sp³-hybridized carbons (Fsp3) is 0.391. The second-order valence-corrected chi connectivity index (χ2v) is 9.06. The van der Waals surface area contributed by atoms with Crippen LogP contribution in [-0.4, -0.2) is 42.8 Å². The Balaban J connectivity index is 1.50. The molecule has 0 bridgehead atoms. The Morgan fingerprint density at radius 1 is 1.12 bits per heavy atom. The highest BCUT2D eigenvalue weighted by atomic mass is 32.1. The Morgan fingerprint density at radius 3 is 2.69 bits per heavy atom. The third-order valence-electron chi connectivity index (χ3n) is 6.19. The van der Waals surface area contributed by atoms with Crippen molar-refractivity contribution < 1.29 is 9.59 Å². The van der Waals surface area contributed by atoms with Gasteiger partial charge < -0.3 is 4.90 Å². The van der Waals surface area contributed by atoms with Crippen LogP contribution in [0.15, 0.2) is 30.3 Å². The molecule has 3 aromatic rings. The van der Waals surface area contributed by atoms with Crippen molar-refractivity contribution in [1.82, 2.24) is 24.5 Å². The molecule has 5 rings (SSSR count). The van der Waals surface area contributed by atoms with E-state index in [2.05, 4.69) is 9.59 Å². The highest BCUT2D eigenvalue weighted by molar-refractivity contribution is 7.07.